The molecule has 0 saturated carbocycles. The van der Waals surface area contributed by atoms with Crippen molar-refractivity contribution in [2.24, 2.45) is 5.73 Å². The second kappa shape index (κ2) is 8.38. The van der Waals surface area contributed by atoms with E-state index in [-0.39, 0.29) is 5.54 Å². The highest BCUT2D eigenvalue weighted by atomic mass is 32.2. The van der Waals surface area contributed by atoms with Crippen molar-refractivity contribution in [3.63, 3.8) is 0 Å². The lowest BCUT2D eigenvalue weighted by molar-refractivity contribution is 0.0304. The van der Waals surface area contributed by atoms with Gasteiger partial charge in [-0.2, -0.15) is 11.8 Å². The molecule has 0 aromatic heterocycles. The third kappa shape index (κ3) is 3.84. The van der Waals surface area contributed by atoms with Crippen molar-refractivity contribution < 1.29 is 9.47 Å². The Hall–Kier alpha value is 0.190. The van der Waals surface area contributed by atoms with Gasteiger partial charge in [-0.25, -0.2) is 0 Å². The van der Waals surface area contributed by atoms with Gasteiger partial charge in [-0.05, 0) is 18.6 Å². The molecule has 4 nitrogen and oxygen atoms in total. The van der Waals surface area contributed by atoms with Crippen LogP contribution in [0.4, 0.5) is 0 Å². The summed E-state index contributed by atoms with van der Waals surface area (Å²) in [4.78, 5) is 2.48. The Balaban J connectivity index is 2.75. The van der Waals surface area contributed by atoms with E-state index in [1.54, 1.807) is 14.2 Å². The molecule has 2 N–H and O–H groups in total. The molecule has 108 valence electrons. The first-order valence-corrected chi connectivity index (χ1v) is 7.80. The maximum Gasteiger partial charge on any atom is 0.0589 e. The highest BCUT2D eigenvalue weighted by molar-refractivity contribution is 8.00. The Kier molecular flexibility index (Phi) is 7.56. The van der Waals surface area contributed by atoms with Gasteiger partial charge < -0.3 is 15.2 Å². The normalized spacial score (nSPS) is 28.8. The highest BCUT2D eigenvalue weighted by Crippen LogP contribution is 2.37. The van der Waals surface area contributed by atoms with Crippen LogP contribution in [-0.4, -0.2) is 68.5 Å². The molecular weight excluding hydrogens is 248 g/mol. The fourth-order valence-corrected chi connectivity index (χ4v) is 4.11. The predicted octanol–water partition coefficient (Wildman–Crippen LogP) is 1.19. The summed E-state index contributed by atoms with van der Waals surface area (Å²) in [5, 5.41) is 0.574. The van der Waals surface area contributed by atoms with Crippen molar-refractivity contribution in [3.05, 3.63) is 0 Å². The molecule has 1 saturated heterocycles. The lowest BCUT2D eigenvalue weighted by Crippen LogP contribution is -2.62. The van der Waals surface area contributed by atoms with Gasteiger partial charge in [-0.1, -0.05) is 6.92 Å². The minimum Gasteiger partial charge on any atom is -0.383 e. The fraction of sp³-hybridized carbons (Fsp3) is 1.00. The second-order valence-electron chi connectivity index (χ2n) is 4.90. The Morgan fingerprint density at radius 3 is 2.33 bits per heavy atom. The smallest absolute Gasteiger partial charge is 0.0589 e. The summed E-state index contributed by atoms with van der Waals surface area (Å²) in [5.41, 5.74) is 6.25. The molecule has 1 rings (SSSR count). The summed E-state index contributed by atoms with van der Waals surface area (Å²) in [6, 6.07) is 0. The van der Waals surface area contributed by atoms with Crippen molar-refractivity contribution >= 4 is 11.8 Å². The van der Waals surface area contributed by atoms with E-state index in [0.717, 1.165) is 26.3 Å². The average Bonchev–Trinajstić information content (AvgIpc) is 2.40. The molecule has 0 aliphatic carbocycles. The van der Waals surface area contributed by atoms with Crippen LogP contribution >= 0.6 is 11.8 Å². The second-order valence-corrected chi connectivity index (χ2v) is 6.35. The maximum absolute atomic E-state index is 6.14. The summed E-state index contributed by atoms with van der Waals surface area (Å²) in [6.07, 6.45) is 2.44. The number of ether oxygens (including phenoxy) is 2. The van der Waals surface area contributed by atoms with Gasteiger partial charge >= 0.3 is 0 Å². The topological polar surface area (TPSA) is 47.7 Å². The van der Waals surface area contributed by atoms with Gasteiger partial charge in [0.15, 0.2) is 0 Å². The molecule has 2 unspecified atom stereocenters. The monoisotopic (exact) mass is 276 g/mol. The molecule has 0 bridgehead atoms. The van der Waals surface area contributed by atoms with Crippen molar-refractivity contribution in [2.45, 2.75) is 30.6 Å². The van der Waals surface area contributed by atoms with E-state index < -0.39 is 0 Å². The number of rotatable bonds is 8. The number of thioether (sulfide) groups is 1. The molecule has 0 amide bonds. The zero-order valence-electron chi connectivity index (χ0n) is 12.0. The van der Waals surface area contributed by atoms with Crippen LogP contribution in [0, 0.1) is 0 Å². The van der Waals surface area contributed by atoms with Crippen LogP contribution in [0.25, 0.3) is 0 Å². The summed E-state index contributed by atoms with van der Waals surface area (Å²) >= 11 is 2.04. The van der Waals surface area contributed by atoms with Crippen molar-refractivity contribution in [1.29, 1.82) is 0 Å². The van der Waals surface area contributed by atoms with E-state index in [9.17, 15) is 0 Å². The van der Waals surface area contributed by atoms with E-state index in [2.05, 4.69) is 11.8 Å². The van der Waals surface area contributed by atoms with Gasteiger partial charge in [-0.3, -0.25) is 4.90 Å². The molecule has 1 fully saturated rings. The molecule has 2 atom stereocenters. The van der Waals surface area contributed by atoms with E-state index in [4.69, 9.17) is 15.2 Å². The van der Waals surface area contributed by atoms with Crippen LogP contribution in [0.5, 0.6) is 0 Å². The fourth-order valence-electron chi connectivity index (χ4n) is 2.77. The van der Waals surface area contributed by atoms with Crippen LogP contribution < -0.4 is 5.73 Å². The van der Waals surface area contributed by atoms with Gasteiger partial charge in [-0.15, -0.1) is 0 Å². The third-order valence-electron chi connectivity index (χ3n) is 3.99. The van der Waals surface area contributed by atoms with E-state index in [0.29, 0.717) is 11.8 Å². The maximum atomic E-state index is 6.14. The van der Waals surface area contributed by atoms with Crippen molar-refractivity contribution in [1.82, 2.24) is 4.90 Å². The number of nitrogens with zero attached hydrogens (tertiary/aromatic N) is 1. The zero-order valence-corrected chi connectivity index (χ0v) is 12.8. The molecule has 0 radical (unpaired) electrons. The molecule has 0 spiro atoms. The Bertz CT molecular complexity index is 223. The Morgan fingerprint density at radius 2 is 1.89 bits per heavy atom. The van der Waals surface area contributed by atoms with Gasteiger partial charge in [0.25, 0.3) is 0 Å². The minimum atomic E-state index is 0.111. The number of hydrogen-bond donors (Lipinski definition) is 1. The molecule has 1 aliphatic rings. The lowest BCUT2D eigenvalue weighted by atomic mass is 9.87. The van der Waals surface area contributed by atoms with Crippen LogP contribution in [0.2, 0.25) is 0 Å². The predicted molar refractivity (Wildman–Crippen MR) is 78.3 cm³/mol. The van der Waals surface area contributed by atoms with Crippen molar-refractivity contribution in [3.8, 4) is 0 Å². The Labute approximate surface area is 116 Å². The van der Waals surface area contributed by atoms with Crippen LogP contribution in [0.1, 0.15) is 19.8 Å². The van der Waals surface area contributed by atoms with E-state index in [1.807, 2.05) is 11.8 Å². The van der Waals surface area contributed by atoms with Crippen molar-refractivity contribution in [2.75, 3.05) is 52.8 Å². The van der Waals surface area contributed by atoms with Gasteiger partial charge in [0, 0.05) is 44.6 Å². The largest absolute Gasteiger partial charge is 0.383 e. The summed E-state index contributed by atoms with van der Waals surface area (Å²) in [5.74, 6) is 1.26. The SMILES string of the molecule is COCCN(CCOC)C1(CN)CCCSC1C. The summed E-state index contributed by atoms with van der Waals surface area (Å²) in [7, 11) is 3.51. The molecule has 0 aromatic carbocycles. The average molecular weight is 276 g/mol. The van der Waals surface area contributed by atoms with E-state index >= 15 is 0 Å². The van der Waals surface area contributed by atoms with Gasteiger partial charge in [0.2, 0.25) is 0 Å². The summed E-state index contributed by atoms with van der Waals surface area (Å²) in [6.45, 7) is 6.40. The molecule has 1 aliphatic heterocycles. The lowest BCUT2D eigenvalue weighted by Gasteiger charge is -2.49. The number of hydrogen-bond acceptors (Lipinski definition) is 5. The first kappa shape index (κ1) is 16.2. The van der Waals surface area contributed by atoms with Crippen LogP contribution in [0.3, 0.4) is 0 Å². The quantitative estimate of drug-likeness (QED) is 0.722. The molecule has 1 heterocycles. The minimum absolute atomic E-state index is 0.111. The number of nitrogens with two attached hydrogens (primary N) is 1. The molecular formula is C13H28N2O2S. The Morgan fingerprint density at radius 1 is 1.28 bits per heavy atom. The zero-order chi connectivity index (χ0) is 13.4. The first-order valence-electron chi connectivity index (χ1n) is 6.76. The first-order chi connectivity index (χ1) is 8.71. The molecule has 18 heavy (non-hydrogen) atoms. The molecule has 0 aromatic rings. The van der Waals surface area contributed by atoms with Crippen LogP contribution in [-0.2, 0) is 9.47 Å². The van der Waals surface area contributed by atoms with Crippen LogP contribution in [0.15, 0.2) is 0 Å². The summed E-state index contributed by atoms with van der Waals surface area (Å²) < 4.78 is 10.5. The van der Waals surface area contributed by atoms with Gasteiger partial charge in [0.1, 0.15) is 0 Å². The van der Waals surface area contributed by atoms with Gasteiger partial charge in [0.05, 0.1) is 13.2 Å². The number of methoxy groups -OCH3 is 2. The molecule has 5 heteroatoms. The standard InChI is InChI=1S/C13H28N2O2S/c1-12-13(11-14,5-4-10-18-12)15(6-8-16-2)7-9-17-3/h12H,4-11,14H2,1-3H3. The van der Waals surface area contributed by atoms with E-state index in [1.165, 1.54) is 18.6 Å². The highest BCUT2D eigenvalue weighted by Gasteiger charge is 2.42. The third-order valence-corrected chi connectivity index (χ3v) is 5.46.